The maximum absolute atomic E-state index is 12.0. The number of nitrogens with one attached hydrogen (secondary N) is 2. The van der Waals surface area contributed by atoms with Crippen LogP contribution in [0.1, 0.15) is 37.8 Å². The lowest BCUT2D eigenvalue weighted by atomic mass is 9.98. The molecule has 0 aromatic carbocycles. The van der Waals surface area contributed by atoms with E-state index in [4.69, 9.17) is 10.5 Å². The van der Waals surface area contributed by atoms with Gasteiger partial charge in [0.25, 0.3) is 0 Å². The summed E-state index contributed by atoms with van der Waals surface area (Å²) >= 11 is 0. The molecule has 1 fully saturated rings. The standard InChI is InChI=1S/C13H23N3O3S/c14-9-11-8-13(10-15-11)20(17,18)16-6-7-19-12-4-2-1-3-5-12/h8,10,12,15-16H,1-7,9,14H2. The fourth-order valence-electron chi connectivity index (χ4n) is 2.41. The van der Waals surface area contributed by atoms with Crippen LogP contribution in [-0.2, 0) is 21.3 Å². The summed E-state index contributed by atoms with van der Waals surface area (Å²) in [5, 5.41) is 0. The summed E-state index contributed by atoms with van der Waals surface area (Å²) in [4.78, 5) is 3.05. The molecule has 4 N–H and O–H groups in total. The zero-order chi connectivity index (χ0) is 14.4. The highest BCUT2D eigenvalue weighted by Gasteiger charge is 2.16. The van der Waals surface area contributed by atoms with E-state index >= 15 is 0 Å². The highest BCUT2D eigenvalue weighted by atomic mass is 32.2. The third-order valence-electron chi connectivity index (χ3n) is 3.55. The van der Waals surface area contributed by atoms with Crippen LogP contribution in [0.3, 0.4) is 0 Å². The predicted octanol–water partition coefficient (Wildman–Crippen LogP) is 1.10. The van der Waals surface area contributed by atoms with E-state index in [1.54, 1.807) is 6.07 Å². The number of H-pyrrole nitrogens is 1. The molecule has 1 heterocycles. The molecule has 0 radical (unpaired) electrons. The lowest BCUT2D eigenvalue weighted by Gasteiger charge is -2.21. The quantitative estimate of drug-likeness (QED) is 0.657. The second kappa shape index (κ2) is 7.21. The lowest BCUT2D eigenvalue weighted by Crippen LogP contribution is -2.29. The Labute approximate surface area is 120 Å². The molecule has 0 spiro atoms. The average Bonchev–Trinajstić information content (AvgIpc) is 2.95. The van der Waals surface area contributed by atoms with Gasteiger partial charge in [0.05, 0.1) is 17.6 Å². The maximum atomic E-state index is 12.0. The Balaban J connectivity index is 1.74. The van der Waals surface area contributed by atoms with E-state index in [0.29, 0.717) is 31.5 Å². The van der Waals surface area contributed by atoms with Crippen LogP contribution in [0.15, 0.2) is 17.2 Å². The number of hydrogen-bond donors (Lipinski definition) is 3. The average molecular weight is 301 g/mol. The molecular weight excluding hydrogens is 278 g/mol. The predicted molar refractivity (Wildman–Crippen MR) is 76.7 cm³/mol. The van der Waals surface area contributed by atoms with E-state index in [-0.39, 0.29) is 4.90 Å². The lowest BCUT2D eigenvalue weighted by molar-refractivity contribution is 0.0321. The number of rotatable bonds is 7. The summed E-state index contributed by atoms with van der Waals surface area (Å²) in [5.74, 6) is 0. The van der Waals surface area contributed by atoms with Crippen LogP contribution >= 0.6 is 0 Å². The molecule has 2 rings (SSSR count). The van der Waals surface area contributed by atoms with Crippen molar-refractivity contribution in [2.75, 3.05) is 13.2 Å². The van der Waals surface area contributed by atoms with Gasteiger partial charge in [-0.05, 0) is 18.9 Å². The number of aromatic amines is 1. The van der Waals surface area contributed by atoms with Crippen LogP contribution in [-0.4, -0.2) is 32.7 Å². The summed E-state index contributed by atoms with van der Waals surface area (Å²) in [6.45, 7) is 1.00. The van der Waals surface area contributed by atoms with Crippen LogP contribution in [0.2, 0.25) is 0 Å². The van der Waals surface area contributed by atoms with Crippen LogP contribution < -0.4 is 10.5 Å². The first-order valence-electron chi connectivity index (χ1n) is 7.10. The normalized spacial score (nSPS) is 17.4. The number of ether oxygens (including phenoxy) is 1. The van der Waals surface area contributed by atoms with Crippen molar-refractivity contribution in [1.29, 1.82) is 0 Å². The molecule has 1 saturated carbocycles. The molecule has 0 amide bonds. The Morgan fingerprint density at radius 3 is 2.75 bits per heavy atom. The molecule has 1 aromatic heterocycles. The highest BCUT2D eigenvalue weighted by molar-refractivity contribution is 7.89. The summed E-state index contributed by atoms with van der Waals surface area (Å²) in [6.07, 6.45) is 7.62. The van der Waals surface area contributed by atoms with Crippen LogP contribution in [0.4, 0.5) is 0 Å². The van der Waals surface area contributed by atoms with Crippen molar-refractivity contribution in [3.63, 3.8) is 0 Å². The third kappa shape index (κ3) is 4.31. The molecule has 6 nitrogen and oxygen atoms in total. The van der Waals surface area contributed by atoms with E-state index in [2.05, 4.69) is 9.71 Å². The fraction of sp³-hybridized carbons (Fsp3) is 0.692. The molecule has 0 unspecified atom stereocenters. The summed E-state index contributed by atoms with van der Waals surface area (Å²) in [5.41, 5.74) is 6.14. The zero-order valence-corrected chi connectivity index (χ0v) is 12.4. The fourth-order valence-corrected chi connectivity index (χ4v) is 3.44. The molecule has 0 aliphatic heterocycles. The van der Waals surface area contributed by atoms with Gasteiger partial charge < -0.3 is 15.5 Å². The van der Waals surface area contributed by atoms with Gasteiger partial charge >= 0.3 is 0 Å². The van der Waals surface area contributed by atoms with Gasteiger partial charge in [-0.3, -0.25) is 0 Å². The Kier molecular flexibility index (Phi) is 5.59. The van der Waals surface area contributed by atoms with E-state index in [9.17, 15) is 8.42 Å². The van der Waals surface area contributed by atoms with Gasteiger partial charge in [0, 0.05) is 25.0 Å². The second-order valence-corrected chi connectivity index (χ2v) is 6.86. The topological polar surface area (TPSA) is 97.2 Å². The number of aromatic nitrogens is 1. The van der Waals surface area contributed by atoms with Crippen LogP contribution in [0.5, 0.6) is 0 Å². The number of hydrogen-bond acceptors (Lipinski definition) is 4. The molecular formula is C13H23N3O3S. The van der Waals surface area contributed by atoms with Gasteiger partial charge in [-0.1, -0.05) is 19.3 Å². The van der Waals surface area contributed by atoms with Crippen molar-refractivity contribution in [1.82, 2.24) is 9.71 Å². The highest BCUT2D eigenvalue weighted by Crippen LogP contribution is 2.20. The molecule has 0 bridgehead atoms. The van der Waals surface area contributed by atoms with Crippen LogP contribution in [0, 0.1) is 0 Å². The van der Waals surface area contributed by atoms with Gasteiger partial charge in [0.1, 0.15) is 0 Å². The smallest absolute Gasteiger partial charge is 0.242 e. The van der Waals surface area contributed by atoms with Gasteiger partial charge in [0.15, 0.2) is 0 Å². The van der Waals surface area contributed by atoms with Crippen molar-refractivity contribution in [2.24, 2.45) is 5.73 Å². The SMILES string of the molecule is NCc1cc(S(=O)(=O)NCCOC2CCCCC2)c[nH]1. The Morgan fingerprint density at radius 2 is 2.10 bits per heavy atom. The van der Waals surface area contributed by atoms with Crippen molar-refractivity contribution >= 4 is 10.0 Å². The third-order valence-corrected chi connectivity index (χ3v) is 4.99. The maximum Gasteiger partial charge on any atom is 0.242 e. The molecule has 1 aliphatic carbocycles. The largest absolute Gasteiger partial charge is 0.377 e. The van der Waals surface area contributed by atoms with Gasteiger partial charge in [-0.2, -0.15) is 0 Å². The zero-order valence-electron chi connectivity index (χ0n) is 11.6. The monoisotopic (exact) mass is 301 g/mol. The van der Waals surface area contributed by atoms with Crippen molar-refractivity contribution in [3.8, 4) is 0 Å². The molecule has 0 atom stereocenters. The van der Waals surface area contributed by atoms with E-state index in [1.165, 1.54) is 25.5 Å². The second-order valence-electron chi connectivity index (χ2n) is 5.09. The van der Waals surface area contributed by atoms with Gasteiger partial charge in [-0.25, -0.2) is 13.1 Å². The number of sulfonamides is 1. The first-order chi connectivity index (χ1) is 9.62. The van der Waals surface area contributed by atoms with E-state index in [1.807, 2.05) is 0 Å². The first-order valence-corrected chi connectivity index (χ1v) is 8.59. The van der Waals surface area contributed by atoms with Crippen molar-refractivity contribution < 1.29 is 13.2 Å². The van der Waals surface area contributed by atoms with Crippen molar-refractivity contribution in [2.45, 2.75) is 49.6 Å². The number of nitrogens with two attached hydrogens (primary N) is 1. The molecule has 1 aliphatic rings. The first kappa shape index (κ1) is 15.5. The molecule has 0 saturated heterocycles. The Morgan fingerprint density at radius 1 is 1.35 bits per heavy atom. The molecule has 7 heteroatoms. The minimum atomic E-state index is -3.47. The molecule has 1 aromatic rings. The summed E-state index contributed by atoms with van der Waals surface area (Å²) < 4.78 is 32.2. The molecule has 114 valence electrons. The minimum absolute atomic E-state index is 0.218. The van der Waals surface area contributed by atoms with Gasteiger partial charge in [0.2, 0.25) is 10.0 Å². The summed E-state index contributed by atoms with van der Waals surface area (Å²) in [6, 6.07) is 1.55. The van der Waals surface area contributed by atoms with E-state index < -0.39 is 10.0 Å². The van der Waals surface area contributed by atoms with E-state index in [0.717, 1.165) is 12.8 Å². The minimum Gasteiger partial charge on any atom is -0.377 e. The Hall–Kier alpha value is -0.890. The van der Waals surface area contributed by atoms with Crippen molar-refractivity contribution in [3.05, 3.63) is 18.0 Å². The van der Waals surface area contributed by atoms with Crippen LogP contribution in [0.25, 0.3) is 0 Å². The summed E-state index contributed by atoms with van der Waals surface area (Å²) in [7, 11) is -3.47. The molecule has 20 heavy (non-hydrogen) atoms. The van der Waals surface area contributed by atoms with Gasteiger partial charge in [-0.15, -0.1) is 0 Å². The Bertz CT molecular complexity index is 507.